The number of ether oxygens (including phenoxy) is 1. The molecule has 5 rings (SSSR count). The van der Waals surface area contributed by atoms with Crippen molar-refractivity contribution in [2.24, 2.45) is 0 Å². The van der Waals surface area contributed by atoms with Gasteiger partial charge in [0, 0.05) is 18.0 Å². The van der Waals surface area contributed by atoms with Crippen LogP contribution in [-0.2, 0) is 9.59 Å². The van der Waals surface area contributed by atoms with Crippen LogP contribution in [0.25, 0.3) is 17.3 Å². The van der Waals surface area contributed by atoms with Gasteiger partial charge >= 0.3 is 0 Å². The van der Waals surface area contributed by atoms with E-state index in [4.69, 9.17) is 17.0 Å². The lowest BCUT2D eigenvalue weighted by atomic mass is 10.0. The Morgan fingerprint density at radius 2 is 1.57 bits per heavy atom. The first-order valence-electron chi connectivity index (χ1n) is 10.7. The third-order valence-electron chi connectivity index (χ3n) is 5.26. The molecule has 1 fully saturated rings. The zero-order valence-corrected chi connectivity index (χ0v) is 19.1. The first-order chi connectivity index (χ1) is 17.1. The maximum Gasteiger partial charge on any atom is 0.270 e. The fourth-order valence-electron chi connectivity index (χ4n) is 3.54. The molecule has 1 saturated heterocycles. The lowest BCUT2D eigenvalue weighted by Gasteiger charge is -2.29. The number of rotatable bonds is 5. The molecule has 0 bridgehead atoms. The summed E-state index contributed by atoms with van der Waals surface area (Å²) in [5, 5.41) is 2.62. The van der Waals surface area contributed by atoms with Crippen LogP contribution in [0.1, 0.15) is 5.56 Å². The summed E-state index contributed by atoms with van der Waals surface area (Å²) in [6.07, 6.45) is 6.43. The molecular weight excluding hydrogens is 460 g/mol. The fraction of sp³-hybridized carbons (Fsp3) is 0. The minimum Gasteiger partial charge on any atom is -0.457 e. The number of hydrogen-bond donors (Lipinski definition) is 1. The van der Waals surface area contributed by atoms with Gasteiger partial charge in [-0.05, 0) is 60.3 Å². The predicted molar refractivity (Wildman–Crippen MR) is 137 cm³/mol. The van der Waals surface area contributed by atoms with Crippen molar-refractivity contribution in [1.29, 1.82) is 0 Å². The maximum absolute atomic E-state index is 13.3. The van der Waals surface area contributed by atoms with Crippen molar-refractivity contribution in [2.75, 3.05) is 4.90 Å². The number of benzene rings is 3. The molecule has 0 saturated carbocycles. The van der Waals surface area contributed by atoms with Crippen molar-refractivity contribution in [2.45, 2.75) is 0 Å². The molecule has 0 radical (unpaired) electrons. The Balaban J connectivity index is 1.38. The normalized spacial score (nSPS) is 14.7. The van der Waals surface area contributed by atoms with Crippen LogP contribution in [0.3, 0.4) is 0 Å². The molecular formula is C27H18N4O3S. The highest BCUT2D eigenvalue weighted by Gasteiger charge is 2.34. The van der Waals surface area contributed by atoms with Crippen molar-refractivity contribution < 1.29 is 14.3 Å². The van der Waals surface area contributed by atoms with Gasteiger partial charge in [0.2, 0.25) is 0 Å². The van der Waals surface area contributed by atoms with E-state index in [2.05, 4.69) is 15.3 Å². The minimum atomic E-state index is -0.543. The summed E-state index contributed by atoms with van der Waals surface area (Å²) >= 11 is 5.29. The van der Waals surface area contributed by atoms with Crippen LogP contribution in [0.2, 0.25) is 0 Å². The molecule has 4 aromatic rings. The molecule has 35 heavy (non-hydrogen) atoms. The van der Waals surface area contributed by atoms with Gasteiger partial charge in [-0.1, -0.05) is 42.5 Å². The quantitative estimate of drug-likeness (QED) is 0.253. The highest BCUT2D eigenvalue weighted by molar-refractivity contribution is 7.80. The van der Waals surface area contributed by atoms with Gasteiger partial charge in [-0.15, -0.1) is 0 Å². The fourth-order valence-corrected chi connectivity index (χ4v) is 3.83. The molecule has 1 N–H and O–H groups in total. The molecule has 0 unspecified atom stereocenters. The number of anilines is 1. The van der Waals surface area contributed by atoms with Gasteiger partial charge in [0.25, 0.3) is 11.8 Å². The second-order valence-corrected chi connectivity index (χ2v) is 7.97. The van der Waals surface area contributed by atoms with Gasteiger partial charge in [-0.25, -0.2) is 0 Å². The smallest absolute Gasteiger partial charge is 0.270 e. The van der Waals surface area contributed by atoms with Crippen LogP contribution in [0, 0.1) is 0 Å². The zero-order chi connectivity index (χ0) is 24.2. The minimum absolute atomic E-state index is 0.0181. The molecule has 0 spiro atoms. The summed E-state index contributed by atoms with van der Waals surface area (Å²) in [6, 6.07) is 23.6. The first kappa shape index (κ1) is 22.1. The number of aromatic nitrogens is 2. The van der Waals surface area contributed by atoms with Crippen molar-refractivity contribution in [3.05, 3.63) is 109 Å². The molecule has 0 aliphatic carbocycles. The van der Waals surface area contributed by atoms with Crippen LogP contribution in [-0.4, -0.2) is 26.9 Å². The van der Waals surface area contributed by atoms with Crippen LogP contribution < -0.4 is 15.0 Å². The average molecular weight is 479 g/mol. The monoisotopic (exact) mass is 478 g/mol. The number of nitrogens with zero attached hydrogens (tertiary/aromatic N) is 3. The number of carbonyl (C=O) groups excluding carboxylic acids is 2. The van der Waals surface area contributed by atoms with Crippen molar-refractivity contribution >= 4 is 40.9 Å². The number of carbonyl (C=O) groups is 2. The lowest BCUT2D eigenvalue weighted by molar-refractivity contribution is -0.122. The molecule has 2 amide bonds. The van der Waals surface area contributed by atoms with Gasteiger partial charge < -0.3 is 4.74 Å². The average Bonchev–Trinajstić information content (AvgIpc) is 2.89. The number of nitrogens with one attached hydrogen (secondary N) is 1. The Morgan fingerprint density at radius 1 is 0.857 bits per heavy atom. The molecule has 170 valence electrons. The molecule has 3 aromatic carbocycles. The Hall–Kier alpha value is -4.69. The van der Waals surface area contributed by atoms with E-state index < -0.39 is 11.8 Å². The van der Waals surface area contributed by atoms with Crippen molar-refractivity contribution in [1.82, 2.24) is 15.3 Å². The molecule has 8 heteroatoms. The van der Waals surface area contributed by atoms with Gasteiger partial charge in [0.15, 0.2) is 5.11 Å². The number of amides is 2. The van der Waals surface area contributed by atoms with Crippen molar-refractivity contribution in [3.8, 4) is 22.8 Å². The van der Waals surface area contributed by atoms with Crippen LogP contribution in [0.5, 0.6) is 11.5 Å². The van der Waals surface area contributed by atoms with Gasteiger partial charge in [0.1, 0.15) is 17.1 Å². The predicted octanol–water partition coefficient (Wildman–Crippen LogP) is 4.77. The number of hydrogen-bond acceptors (Lipinski definition) is 6. The lowest BCUT2D eigenvalue weighted by Crippen LogP contribution is -2.54. The third kappa shape index (κ3) is 4.83. The van der Waals surface area contributed by atoms with Crippen LogP contribution in [0.4, 0.5) is 5.69 Å². The molecule has 1 aromatic heterocycles. The van der Waals surface area contributed by atoms with Crippen LogP contribution >= 0.6 is 12.2 Å². The summed E-state index contributed by atoms with van der Waals surface area (Å²) in [5.41, 5.74) is 2.80. The SMILES string of the molecule is O=C1NC(=S)N(c2ccc(Oc3ccccc3)cc2)C(=O)C1=Cc1ccc(-c2cnccn2)cc1. The summed E-state index contributed by atoms with van der Waals surface area (Å²) in [4.78, 5) is 35.5. The summed E-state index contributed by atoms with van der Waals surface area (Å²) in [7, 11) is 0. The molecule has 1 aliphatic heterocycles. The Kier molecular flexibility index (Phi) is 6.11. The topological polar surface area (TPSA) is 84.4 Å². The summed E-state index contributed by atoms with van der Waals surface area (Å²) in [5.74, 6) is 0.262. The number of thiocarbonyl (C=S) groups is 1. The highest BCUT2D eigenvalue weighted by Crippen LogP contribution is 2.27. The Bertz CT molecular complexity index is 1420. The van der Waals surface area contributed by atoms with E-state index in [1.165, 1.54) is 4.90 Å². The zero-order valence-electron chi connectivity index (χ0n) is 18.3. The standard InChI is InChI=1S/C27H18N4O3S/c32-25-23(16-18-6-8-19(9-7-18)24-17-28-14-15-29-24)26(33)31(27(35)30-25)20-10-12-22(13-11-20)34-21-4-2-1-3-5-21/h1-17H,(H,30,32,35). The van der Waals surface area contributed by atoms with E-state index >= 15 is 0 Å². The van der Waals surface area contributed by atoms with Gasteiger partial charge in [-0.3, -0.25) is 29.8 Å². The molecule has 2 heterocycles. The number of para-hydroxylation sites is 1. The highest BCUT2D eigenvalue weighted by atomic mass is 32.1. The van der Waals surface area contributed by atoms with Crippen molar-refractivity contribution in [3.63, 3.8) is 0 Å². The Labute approximate surface area is 206 Å². The van der Waals surface area contributed by atoms with Gasteiger partial charge in [0.05, 0.1) is 17.6 Å². The van der Waals surface area contributed by atoms with E-state index in [0.717, 1.165) is 11.3 Å². The Morgan fingerprint density at radius 3 is 2.26 bits per heavy atom. The van der Waals surface area contributed by atoms with Crippen LogP contribution in [0.15, 0.2) is 103 Å². The maximum atomic E-state index is 13.3. The molecule has 0 atom stereocenters. The van der Waals surface area contributed by atoms with E-state index in [1.807, 2.05) is 54.6 Å². The van der Waals surface area contributed by atoms with Gasteiger partial charge in [-0.2, -0.15) is 0 Å². The second kappa shape index (κ2) is 9.66. The summed E-state index contributed by atoms with van der Waals surface area (Å²) in [6.45, 7) is 0. The third-order valence-corrected chi connectivity index (χ3v) is 5.54. The van der Waals surface area contributed by atoms with E-state index in [9.17, 15) is 9.59 Å². The summed E-state index contributed by atoms with van der Waals surface area (Å²) < 4.78 is 5.81. The van der Waals surface area contributed by atoms with E-state index in [1.54, 1.807) is 48.9 Å². The second-order valence-electron chi connectivity index (χ2n) is 7.58. The molecule has 1 aliphatic rings. The molecule has 7 nitrogen and oxygen atoms in total. The largest absolute Gasteiger partial charge is 0.457 e. The first-order valence-corrected chi connectivity index (χ1v) is 11.1. The van der Waals surface area contributed by atoms with E-state index in [-0.39, 0.29) is 10.7 Å². The van der Waals surface area contributed by atoms with E-state index in [0.29, 0.717) is 22.7 Å².